The number of urea groups is 1. The van der Waals surface area contributed by atoms with Crippen molar-refractivity contribution in [3.05, 3.63) is 36.7 Å². The van der Waals surface area contributed by atoms with Crippen LogP contribution in [-0.2, 0) is 4.79 Å². The van der Waals surface area contributed by atoms with Gasteiger partial charge in [0.05, 0.1) is 6.20 Å². The van der Waals surface area contributed by atoms with Crippen molar-refractivity contribution in [1.82, 2.24) is 20.4 Å². The molecule has 0 spiro atoms. The number of amides is 3. The fourth-order valence-electron chi connectivity index (χ4n) is 1.85. The first-order chi connectivity index (χ1) is 10.0. The summed E-state index contributed by atoms with van der Waals surface area (Å²) in [6.07, 6.45) is 3.36. The highest BCUT2D eigenvalue weighted by atomic mass is 16.2. The number of rotatable bonds is 3. The number of nitrogens with zero attached hydrogens (tertiary/aromatic N) is 2. The van der Waals surface area contributed by atoms with Gasteiger partial charge >= 0.3 is 6.03 Å². The highest BCUT2D eigenvalue weighted by Gasteiger charge is 2.18. The van der Waals surface area contributed by atoms with E-state index in [1.165, 1.54) is 11.7 Å². The number of aromatic nitrogens is 2. The van der Waals surface area contributed by atoms with Crippen molar-refractivity contribution in [2.75, 3.05) is 12.8 Å². The molecule has 0 saturated heterocycles. The third-order valence-corrected chi connectivity index (χ3v) is 3.11. The Kier molecular flexibility index (Phi) is 4.22. The molecule has 0 saturated carbocycles. The number of hydrogen-bond acceptors (Lipinski definition) is 4. The van der Waals surface area contributed by atoms with Crippen LogP contribution in [0.15, 0.2) is 36.7 Å². The van der Waals surface area contributed by atoms with Crippen LogP contribution in [0.5, 0.6) is 0 Å². The van der Waals surface area contributed by atoms with E-state index in [0.29, 0.717) is 5.69 Å². The molecule has 7 nitrogen and oxygen atoms in total. The van der Waals surface area contributed by atoms with Crippen LogP contribution in [0.1, 0.15) is 13.0 Å². The van der Waals surface area contributed by atoms with Crippen molar-refractivity contribution in [3.8, 4) is 11.1 Å². The van der Waals surface area contributed by atoms with E-state index in [1.807, 2.05) is 18.2 Å². The number of carbonyl (C=O) groups is 2. The molecule has 4 N–H and O–H groups in total. The Morgan fingerprint density at radius 2 is 2.05 bits per heavy atom. The number of imide groups is 1. The number of nitrogens with two attached hydrogens (primary N) is 1. The van der Waals surface area contributed by atoms with Crippen LogP contribution >= 0.6 is 0 Å². The van der Waals surface area contributed by atoms with E-state index in [-0.39, 0.29) is 0 Å². The maximum atomic E-state index is 11.9. The minimum Gasteiger partial charge on any atom is -0.398 e. The average molecular weight is 287 g/mol. The van der Waals surface area contributed by atoms with E-state index >= 15 is 0 Å². The lowest BCUT2D eigenvalue weighted by Crippen LogP contribution is -2.40. The van der Waals surface area contributed by atoms with Gasteiger partial charge in [-0.15, -0.1) is 0 Å². The molecule has 7 heteroatoms. The summed E-state index contributed by atoms with van der Waals surface area (Å²) in [4.78, 5) is 23.0. The minimum absolute atomic E-state index is 0.440. The van der Waals surface area contributed by atoms with E-state index in [0.717, 1.165) is 11.1 Å². The summed E-state index contributed by atoms with van der Waals surface area (Å²) in [6, 6.07) is 6.25. The number of anilines is 1. The van der Waals surface area contributed by atoms with Crippen LogP contribution in [0.3, 0.4) is 0 Å². The smallest absolute Gasteiger partial charge is 0.321 e. The Morgan fingerprint density at radius 3 is 2.71 bits per heavy atom. The number of nitrogen functional groups attached to an aromatic ring is 1. The monoisotopic (exact) mass is 287 g/mol. The van der Waals surface area contributed by atoms with Crippen molar-refractivity contribution in [3.63, 3.8) is 0 Å². The van der Waals surface area contributed by atoms with Crippen molar-refractivity contribution in [1.29, 1.82) is 0 Å². The van der Waals surface area contributed by atoms with E-state index in [4.69, 9.17) is 5.73 Å². The average Bonchev–Trinajstić information content (AvgIpc) is 2.96. The summed E-state index contributed by atoms with van der Waals surface area (Å²) in [7, 11) is 1.44. The maximum Gasteiger partial charge on any atom is 0.321 e. The molecular formula is C14H17N5O2. The van der Waals surface area contributed by atoms with Crippen molar-refractivity contribution in [2.24, 2.45) is 0 Å². The predicted octanol–water partition coefficient (Wildman–Crippen LogP) is 1.15. The van der Waals surface area contributed by atoms with Crippen LogP contribution in [0, 0.1) is 0 Å². The van der Waals surface area contributed by atoms with Crippen LogP contribution in [-0.4, -0.2) is 28.8 Å². The fraction of sp³-hybridized carbons (Fsp3) is 0.214. The van der Waals surface area contributed by atoms with Gasteiger partial charge in [-0.25, -0.2) is 4.79 Å². The normalized spacial score (nSPS) is 11.7. The first-order valence-corrected chi connectivity index (χ1v) is 6.44. The molecule has 0 bridgehead atoms. The Hall–Kier alpha value is -2.83. The van der Waals surface area contributed by atoms with Gasteiger partial charge in [-0.1, -0.05) is 18.2 Å². The van der Waals surface area contributed by atoms with Crippen LogP contribution in [0.2, 0.25) is 0 Å². The third-order valence-electron chi connectivity index (χ3n) is 3.11. The molecule has 0 fully saturated rings. The van der Waals surface area contributed by atoms with Gasteiger partial charge in [-0.3, -0.25) is 14.8 Å². The predicted molar refractivity (Wildman–Crippen MR) is 79.4 cm³/mol. The molecule has 110 valence electrons. The summed E-state index contributed by atoms with van der Waals surface area (Å²) < 4.78 is 1.49. The number of para-hydroxylation sites is 1. The van der Waals surface area contributed by atoms with Crippen LogP contribution < -0.4 is 16.4 Å². The second kappa shape index (κ2) is 6.08. The molecular weight excluding hydrogens is 270 g/mol. The summed E-state index contributed by atoms with van der Waals surface area (Å²) >= 11 is 0. The van der Waals surface area contributed by atoms with E-state index in [9.17, 15) is 9.59 Å². The molecule has 2 aromatic rings. The first-order valence-electron chi connectivity index (χ1n) is 6.44. The van der Waals surface area contributed by atoms with Gasteiger partial charge in [0.15, 0.2) is 0 Å². The lowest BCUT2D eigenvalue weighted by Gasteiger charge is -2.11. The van der Waals surface area contributed by atoms with Gasteiger partial charge in [0, 0.05) is 30.1 Å². The van der Waals surface area contributed by atoms with E-state index in [2.05, 4.69) is 15.7 Å². The van der Waals surface area contributed by atoms with E-state index in [1.54, 1.807) is 25.4 Å². The number of nitrogens with one attached hydrogen (secondary N) is 2. The number of carbonyl (C=O) groups excluding carboxylic acids is 2. The molecule has 1 atom stereocenters. The zero-order valence-corrected chi connectivity index (χ0v) is 11.8. The molecule has 1 aromatic carbocycles. The summed E-state index contributed by atoms with van der Waals surface area (Å²) in [5.74, 6) is -0.440. The second-order valence-electron chi connectivity index (χ2n) is 4.54. The Bertz CT molecular complexity index is 665. The molecule has 1 unspecified atom stereocenters. The number of benzene rings is 1. The highest BCUT2D eigenvalue weighted by Crippen LogP contribution is 2.25. The Labute approximate surface area is 122 Å². The zero-order chi connectivity index (χ0) is 15.4. The molecule has 2 rings (SSSR count). The lowest BCUT2D eigenvalue weighted by molar-refractivity contribution is -0.123. The van der Waals surface area contributed by atoms with Gasteiger partial charge < -0.3 is 11.1 Å². The van der Waals surface area contributed by atoms with Gasteiger partial charge in [0.2, 0.25) is 0 Å². The molecule has 1 aromatic heterocycles. The molecule has 0 aliphatic rings. The molecule has 0 radical (unpaired) electrons. The standard InChI is InChI=1S/C14H17N5O2/c1-9(13(20)18-14(21)16-2)19-8-10(7-17-19)11-5-3-4-6-12(11)15/h3-9H,15H2,1-2H3,(H2,16,18,20,21). The Balaban J connectivity index is 2.18. The topological polar surface area (TPSA) is 102 Å². The lowest BCUT2D eigenvalue weighted by atomic mass is 10.1. The minimum atomic E-state index is -0.610. The molecule has 21 heavy (non-hydrogen) atoms. The fourth-order valence-corrected chi connectivity index (χ4v) is 1.85. The summed E-state index contributed by atoms with van der Waals surface area (Å²) in [5, 5.41) is 8.69. The third kappa shape index (κ3) is 3.19. The van der Waals surface area contributed by atoms with E-state index < -0.39 is 18.0 Å². The number of hydrogen-bond donors (Lipinski definition) is 3. The van der Waals surface area contributed by atoms with Crippen LogP contribution in [0.4, 0.5) is 10.5 Å². The van der Waals surface area contributed by atoms with Crippen LogP contribution in [0.25, 0.3) is 11.1 Å². The van der Waals surface area contributed by atoms with Gasteiger partial charge in [0.25, 0.3) is 5.91 Å². The Morgan fingerprint density at radius 1 is 1.33 bits per heavy atom. The molecule has 0 aliphatic heterocycles. The van der Waals surface area contributed by atoms with Gasteiger partial charge in [-0.2, -0.15) is 5.10 Å². The van der Waals surface area contributed by atoms with Crippen molar-refractivity contribution < 1.29 is 9.59 Å². The van der Waals surface area contributed by atoms with Gasteiger partial charge in [0.1, 0.15) is 6.04 Å². The SMILES string of the molecule is CNC(=O)NC(=O)C(C)n1cc(-c2ccccc2N)cn1. The largest absolute Gasteiger partial charge is 0.398 e. The second-order valence-corrected chi connectivity index (χ2v) is 4.54. The summed E-state index contributed by atoms with van der Waals surface area (Å²) in [5.41, 5.74) is 8.21. The van der Waals surface area contributed by atoms with Crippen molar-refractivity contribution in [2.45, 2.75) is 13.0 Å². The highest BCUT2D eigenvalue weighted by molar-refractivity contribution is 5.95. The molecule has 3 amide bonds. The summed E-state index contributed by atoms with van der Waals surface area (Å²) in [6.45, 7) is 1.66. The van der Waals surface area contributed by atoms with Crippen molar-refractivity contribution >= 4 is 17.6 Å². The quantitative estimate of drug-likeness (QED) is 0.737. The zero-order valence-electron chi connectivity index (χ0n) is 11.8. The van der Waals surface area contributed by atoms with Gasteiger partial charge in [-0.05, 0) is 13.0 Å². The molecule has 0 aliphatic carbocycles. The molecule has 1 heterocycles. The first kappa shape index (κ1) is 14.6. The maximum absolute atomic E-state index is 11.9.